The molecule has 1 aliphatic carbocycles. The van der Waals surface area contributed by atoms with Gasteiger partial charge < -0.3 is 14.7 Å². The lowest BCUT2D eigenvalue weighted by Gasteiger charge is -2.36. The molecule has 2 aliphatic rings. The van der Waals surface area contributed by atoms with Crippen LogP contribution in [0.3, 0.4) is 0 Å². The zero-order valence-corrected chi connectivity index (χ0v) is 15.4. The maximum Gasteiger partial charge on any atom is 0.343 e. The van der Waals surface area contributed by atoms with E-state index in [0.29, 0.717) is 23.8 Å². The van der Waals surface area contributed by atoms with E-state index in [1.54, 1.807) is 38.2 Å². The minimum atomic E-state index is -0.664. The number of urea groups is 1. The second-order valence-electron chi connectivity index (χ2n) is 7.30. The van der Waals surface area contributed by atoms with Gasteiger partial charge in [-0.05, 0) is 43.4 Å². The van der Waals surface area contributed by atoms with Crippen molar-refractivity contribution in [2.45, 2.75) is 45.1 Å². The molecule has 1 fully saturated rings. The predicted molar refractivity (Wildman–Crippen MR) is 98.1 cm³/mol. The van der Waals surface area contributed by atoms with Crippen LogP contribution in [0.15, 0.2) is 29.3 Å². The Kier molecular flexibility index (Phi) is 5.59. The summed E-state index contributed by atoms with van der Waals surface area (Å²) in [5.41, 5.74) is 1.14. The van der Waals surface area contributed by atoms with E-state index in [-0.39, 0.29) is 11.7 Å². The number of hydrogen-bond acceptors (Lipinski definition) is 4. The van der Waals surface area contributed by atoms with Crippen LogP contribution in [0.4, 0.5) is 4.79 Å². The number of carbonyl (C=O) groups is 2. The minimum Gasteiger partial charge on any atom is -0.508 e. The van der Waals surface area contributed by atoms with Gasteiger partial charge in [0.15, 0.2) is 0 Å². The molecule has 2 unspecified atom stereocenters. The summed E-state index contributed by atoms with van der Waals surface area (Å²) in [5.74, 6) is -0.502. The number of phenols is 1. The summed E-state index contributed by atoms with van der Waals surface area (Å²) >= 11 is 0. The number of ether oxygens (including phenoxy) is 1. The van der Waals surface area contributed by atoms with Crippen LogP contribution in [0.25, 0.3) is 0 Å². The van der Waals surface area contributed by atoms with Gasteiger partial charge in [0.2, 0.25) is 0 Å². The Bertz CT molecular complexity index is 710. The SMILES string of the molecule is CC1=NC(=O)N(C)C(c2cccc(O)c2)C1C(=O)OCC1CCCCC1. The quantitative estimate of drug-likeness (QED) is 0.832. The fourth-order valence-electron chi connectivity index (χ4n) is 3.94. The van der Waals surface area contributed by atoms with E-state index < -0.39 is 18.0 Å². The van der Waals surface area contributed by atoms with Crippen molar-refractivity contribution in [3.63, 3.8) is 0 Å². The number of nitrogens with zero attached hydrogens (tertiary/aromatic N) is 2. The molecule has 1 N–H and O–H groups in total. The van der Waals surface area contributed by atoms with Crippen LogP contribution >= 0.6 is 0 Å². The Morgan fingerprint density at radius 2 is 2.04 bits per heavy atom. The summed E-state index contributed by atoms with van der Waals surface area (Å²) in [5, 5.41) is 9.81. The maximum atomic E-state index is 12.9. The number of benzene rings is 1. The van der Waals surface area contributed by atoms with E-state index in [4.69, 9.17) is 4.74 Å². The highest BCUT2D eigenvalue weighted by Gasteiger charge is 2.41. The van der Waals surface area contributed by atoms with Crippen LogP contribution in [0, 0.1) is 11.8 Å². The van der Waals surface area contributed by atoms with E-state index in [2.05, 4.69) is 4.99 Å². The molecule has 6 heteroatoms. The van der Waals surface area contributed by atoms with Gasteiger partial charge in [0, 0.05) is 12.8 Å². The molecule has 1 heterocycles. The minimum absolute atomic E-state index is 0.0952. The van der Waals surface area contributed by atoms with Crippen molar-refractivity contribution < 1.29 is 19.4 Å². The van der Waals surface area contributed by atoms with E-state index in [1.165, 1.54) is 24.2 Å². The third-order valence-corrected chi connectivity index (χ3v) is 5.41. The summed E-state index contributed by atoms with van der Waals surface area (Å²) in [4.78, 5) is 30.5. The molecule has 2 amide bonds. The predicted octanol–water partition coefficient (Wildman–Crippen LogP) is 3.70. The molecule has 0 aromatic heterocycles. The summed E-state index contributed by atoms with van der Waals surface area (Å²) in [6, 6.07) is 5.71. The summed E-state index contributed by atoms with van der Waals surface area (Å²) in [6.07, 6.45) is 5.83. The van der Waals surface area contributed by atoms with Crippen molar-refractivity contribution in [3.05, 3.63) is 29.8 Å². The van der Waals surface area contributed by atoms with Gasteiger partial charge in [0.05, 0.1) is 12.6 Å². The molecule has 0 bridgehead atoms. The van der Waals surface area contributed by atoms with Crippen LogP contribution < -0.4 is 0 Å². The number of rotatable bonds is 4. The first-order chi connectivity index (χ1) is 12.5. The zero-order valence-electron chi connectivity index (χ0n) is 15.4. The lowest BCUT2D eigenvalue weighted by Crippen LogP contribution is -2.45. The second-order valence-corrected chi connectivity index (χ2v) is 7.30. The number of phenolic OH excluding ortho intramolecular Hbond substituents is 1. The molecule has 6 nitrogen and oxygen atoms in total. The first-order valence-corrected chi connectivity index (χ1v) is 9.25. The summed E-state index contributed by atoms with van der Waals surface area (Å²) < 4.78 is 5.64. The third kappa shape index (κ3) is 3.89. The Labute approximate surface area is 153 Å². The normalized spacial score (nSPS) is 24.3. The van der Waals surface area contributed by atoms with E-state index in [1.807, 2.05) is 0 Å². The van der Waals surface area contributed by atoms with Crippen LogP contribution in [-0.2, 0) is 9.53 Å². The van der Waals surface area contributed by atoms with Gasteiger partial charge in [-0.25, -0.2) is 9.79 Å². The number of aliphatic imine (C=N–C) groups is 1. The van der Waals surface area contributed by atoms with Gasteiger partial charge in [0.25, 0.3) is 0 Å². The Morgan fingerprint density at radius 3 is 2.73 bits per heavy atom. The molecule has 0 spiro atoms. The number of esters is 1. The van der Waals surface area contributed by atoms with Gasteiger partial charge >= 0.3 is 12.0 Å². The molecule has 3 rings (SSSR count). The van der Waals surface area contributed by atoms with Crippen molar-refractivity contribution in [1.29, 1.82) is 0 Å². The molecule has 1 aromatic rings. The standard InChI is InChI=1S/C20H26N2O4/c1-13-17(19(24)26-12-14-7-4-3-5-8-14)18(22(2)20(25)21-13)15-9-6-10-16(23)11-15/h6,9-11,14,17-18,23H,3-5,7-8,12H2,1-2H3. The van der Waals surface area contributed by atoms with Gasteiger partial charge in [-0.2, -0.15) is 0 Å². The van der Waals surface area contributed by atoms with E-state index in [0.717, 1.165) is 12.8 Å². The molecular formula is C20H26N2O4. The molecular weight excluding hydrogens is 332 g/mol. The lowest BCUT2D eigenvalue weighted by atomic mass is 9.87. The first-order valence-electron chi connectivity index (χ1n) is 9.25. The highest BCUT2D eigenvalue weighted by molar-refractivity contribution is 6.08. The zero-order chi connectivity index (χ0) is 18.7. The molecule has 140 valence electrons. The molecule has 26 heavy (non-hydrogen) atoms. The van der Waals surface area contributed by atoms with E-state index >= 15 is 0 Å². The number of hydrogen-bond donors (Lipinski definition) is 1. The van der Waals surface area contributed by atoms with Crippen LogP contribution in [0.2, 0.25) is 0 Å². The van der Waals surface area contributed by atoms with Crippen molar-refractivity contribution >= 4 is 17.7 Å². The van der Waals surface area contributed by atoms with Gasteiger partial charge in [-0.3, -0.25) is 4.79 Å². The Balaban J connectivity index is 1.81. The highest BCUT2D eigenvalue weighted by atomic mass is 16.5. The molecule has 2 atom stereocenters. The van der Waals surface area contributed by atoms with Gasteiger partial charge in [-0.15, -0.1) is 0 Å². The molecule has 0 radical (unpaired) electrons. The highest BCUT2D eigenvalue weighted by Crippen LogP contribution is 2.35. The van der Waals surface area contributed by atoms with Crippen molar-refractivity contribution in [3.8, 4) is 5.75 Å². The number of aromatic hydroxyl groups is 1. The smallest absolute Gasteiger partial charge is 0.343 e. The van der Waals surface area contributed by atoms with Crippen molar-refractivity contribution in [2.24, 2.45) is 16.8 Å². The number of carbonyl (C=O) groups excluding carboxylic acids is 2. The Hall–Kier alpha value is -2.37. The largest absolute Gasteiger partial charge is 0.508 e. The summed E-state index contributed by atoms with van der Waals surface area (Å²) in [7, 11) is 1.62. The molecule has 1 aromatic carbocycles. The average Bonchev–Trinajstić information content (AvgIpc) is 2.63. The lowest BCUT2D eigenvalue weighted by molar-refractivity contribution is -0.149. The molecule has 0 saturated heterocycles. The fraction of sp³-hybridized carbons (Fsp3) is 0.550. The molecule has 1 aliphatic heterocycles. The van der Waals surface area contributed by atoms with Crippen LogP contribution in [0.1, 0.15) is 50.6 Å². The Morgan fingerprint density at radius 1 is 1.31 bits per heavy atom. The van der Waals surface area contributed by atoms with Crippen LogP contribution in [-0.4, -0.2) is 41.4 Å². The fourth-order valence-corrected chi connectivity index (χ4v) is 3.94. The first kappa shape index (κ1) is 18.4. The average molecular weight is 358 g/mol. The number of amides is 2. The van der Waals surface area contributed by atoms with Crippen molar-refractivity contribution in [1.82, 2.24) is 4.90 Å². The molecule has 1 saturated carbocycles. The topological polar surface area (TPSA) is 79.2 Å². The summed E-state index contributed by atoms with van der Waals surface area (Å²) in [6.45, 7) is 2.11. The second kappa shape index (κ2) is 7.89. The van der Waals surface area contributed by atoms with Crippen molar-refractivity contribution in [2.75, 3.05) is 13.7 Å². The maximum absolute atomic E-state index is 12.9. The van der Waals surface area contributed by atoms with E-state index in [9.17, 15) is 14.7 Å². The van der Waals surface area contributed by atoms with Gasteiger partial charge in [-0.1, -0.05) is 31.4 Å². The third-order valence-electron chi connectivity index (χ3n) is 5.41. The van der Waals surface area contributed by atoms with Gasteiger partial charge in [0.1, 0.15) is 11.7 Å². The van der Waals surface area contributed by atoms with Crippen LogP contribution in [0.5, 0.6) is 5.75 Å². The monoisotopic (exact) mass is 358 g/mol.